The molecule has 11 heavy (non-hydrogen) atoms. The molecule has 0 bridgehead atoms. The zero-order valence-corrected chi connectivity index (χ0v) is 6.23. The van der Waals surface area contributed by atoms with Crippen molar-refractivity contribution < 1.29 is 29.4 Å². The second kappa shape index (κ2) is 2.88. The number of hydrogen-bond donors (Lipinski definition) is 5. The van der Waals surface area contributed by atoms with Crippen LogP contribution >= 0.6 is 7.60 Å². The van der Waals surface area contributed by atoms with Gasteiger partial charge in [0.2, 0.25) is 5.28 Å². The molecule has 0 aromatic carbocycles. The average Bonchev–Trinajstić information content (AvgIpc) is 1.83. The average molecular weight is 185 g/mol. The van der Waals surface area contributed by atoms with Crippen molar-refractivity contribution in [2.24, 2.45) is 5.73 Å². The number of carboxylic acids is 1. The van der Waals surface area contributed by atoms with E-state index < -0.39 is 25.5 Å². The molecular weight excluding hydrogens is 177 g/mol. The van der Waals surface area contributed by atoms with E-state index in [1.165, 1.54) is 0 Å². The summed E-state index contributed by atoms with van der Waals surface area (Å²) in [6, 6.07) is 0. The van der Waals surface area contributed by atoms with E-state index in [9.17, 15) is 9.36 Å². The van der Waals surface area contributed by atoms with Crippen molar-refractivity contribution in [2.75, 3.05) is 6.61 Å². The second-order valence-corrected chi connectivity index (χ2v) is 3.82. The lowest BCUT2D eigenvalue weighted by molar-refractivity contribution is -0.141. The summed E-state index contributed by atoms with van der Waals surface area (Å²) in [5, 5.41) is 13.6. The van der Waals surface area contributed by atoms with Crippen LogP contribution in [0, 0.1) is 0 Å². The highest BCUT2D eigenvalue weighted by Crippen LogP contribution is 2.46. The Bertz CT molecular complexity index is 210. The largest absolute Gasteiger partial charge is 0.479 e. The number of carboxylic acid groups (broad SMARTS) is 1. The molecule has 8 heteroatoms. The molecule has 0 aromatic heterocycles. The Balaban J connectivity index is 4.92. The number of hydrogen-bond acceptors (Lipinski definition) is 4. The van der Waals surface area contributed by atoms with Crippen LogP contribution in [0.1, 0.15) is 0 Å². The summed E-state index contributed by atoms with van der Waals surface area (Å²) in [7, 11) is -5.02. The van der Waals surface area contributed by atoms with Crippen LogP contribution in [0.5, 0.6) is 0 Å². The third-order valence-electron chi connectivity index (χ3n) is 1.13. The van der Waals surface area contributed by atoms with Gasteiger partial charge in [0.25, 0.3) is 0 Å². The quantitative estimate of drug-likeness (QED) is 0.317. The number of aliphatic hydroxyl groups excluding tert-OH is 1. The molecular formula is C3H8NO6P. The van der Waals surface area contributed by atoms with Gasteiger partial charge in [0, 0.05) is 0 Å². The van der Waals surface area contributed by atoms with Crippen LogP contribution in [0.25, 0.3) is 0 Å². The minimum atomic E-state index is -5.02. The number of carbonyl (C=O) groups is 1. The standard InChI is InChI=1S/C3H8NO6P/c4-3(1-5,2(6)7)11(8,9)10/h5H,1,4H2,(H,6,7)(H2,8,9,10). The fourth-order valence-corrected chi connectivity index (χ4v) is 0.718. The fourth-order valence-electron chi connectivity index (χ4n) is 0.284. The van der Waals surface area contributed by atoms with Gasteiger partial charge in [0.15, 0.2) is 0 Å². The maximum Gasteiger partial charge on any atom is 0.359 e. The van der Waals surface area contributed by atoms with Gasteiger partial charge >= 0.3 is 13.6 Å². The van der Waals surface area contributed by atoms with E-state index in [-0.39, 0.29) is 0 Å². The monoisotopic (exact) mass is 185 g/mol. The molecule has 0 aromatic rings. The summed E-state index contributed by atoms with van der Waals surface area (Å²) in [5.41, 5.74) is 4.70. The molecule has 0 heterocycles. The van der Waals surface area contributed by atoms with Gasteiger partial charge in [-0.3, -0.25) is 4.57 Å². The molecule has 0 fully saturated rings. The molecule has 6 N–H and O–H groups in total. The van der Waals surface area contributed by atoms with Crippen molar-refractivity contribution in [3.8, 4) is 0 Å². The Labute approximate surface area is 61.6 Å². The first kappa shape index (κ1) is 10.5. The predicted molar refractivity (Wildman–Crippen MR) is 33.7 cm³/mol. The summed E-state index contributed by atoms with van der Waals surface area (Å²) >= 11 is 0. The third-order valence-corrected chi connectivity index (χ3v) is 2.50. The third kappa shape index (κ3) is 1.76. The highest BCUT2D eigenvalue weighted by atomic mass is 31.2. The van der Waals surface area contributed by atoms with Crippen molar-refractivity contribution in [3.05, 3.63) is 0 Å². The number of rotatable bonds is 3. The molecule has 0 aliphatic carbocycles. The van der Waals surface area contributed by atoms with Crippen molar-refractivity contribution in [1.82, 2.24) is 0 Å². The maximum atomic E-state index is 10.4. The molecule has 0 aliphatic heterocycles. The molecule has 0 amide bonds. The normalized spacial score (nSPS) is 17.5. The first-order chi connectivity index (χ1) is 4.75. The van der Waals surface area contributed by atoms with E-state index in [1.807, 2.05) is 0 Å². The van der Waals surface area contributed by atoms with E-state index in [1.54, 1.807) is 0 Å². The van der Waals surface area contributed by atoms with Gasteiger partial charge in [-0.25, -0.2) is 4.79 Å². The lowest BCUT2D eigenvalue weighted by Gasteiger charge is -2.22. The van der Waals surface area contributed by atoms with Crippen molar-refractivity contribution >= 4 is 13.6 Å². The van der Waals surface area contributed by atoms with Crippen LogP contribution in [0.3, 0.4) is 0 Å². The molecule has 0 saturated carbocycles. The highest BCUT2D eigenvalue weighted by molar-refractivity contribution is 7.54. The maximum absolute atomic E-state index is 10.4. The summed E-state index contributed by atoms with van der Waals surface area (Å²) in [4.78, 5) is 26.8. The Morgan fingerprint density at radius 2 is 1.91 bits per heavy atom. The number of nitrogens with two attached hydrogens (primary N) is 1. The lowest BCUT2D eigenvalue weighted by atomic mass is 10.3. The topological polar surface area (TPSA) is 141 Å². The predicted octanol–water partition coefficient (Wildman–Crippen LogP) is -2.10. The molecule has 66 valence electrons. The van der Waals surface area contributed by atoms with Crippen LogP contribution in [0.4, 0.5) is 0 Å². The number of aliphatic carboxylic acids is 1. The van der Waals surface area contributed by atoms with Gasteiger partial charge in [0.1, 0.15) is 0 Å². The molecule has 7 nitrogen and oxygen atoms in total. The molecule has 0 rings (SSSR count). The van der Waals surface area contributed by atoms with E-state index in [0.29, 0.717) is 0 Å². The van der Waals surface area contributed by atoms with Gasteiger partial charge in [-0.05, 0) is 0 Å². The van der Waals surface area contributed by atoms with Crippen molar-refractivity contribution in [3.63, 3.8) is 0 Å². The zero-order chi connectivity index (χ0) is 9.28. The summed E-state index contributed by atoms with van der Waals surface area (Å²) in [6.07, 6.45) is 0. The van der Waals surface area contributed by atoms with Crippen LogP contribution in [-0.4, -0.2) is 37.9 Å². The molecule has 0 saturated heterocycles. The molecule has 0 radical (unpaired) electrons. The first-order valence-corrected chi connectivity index (χ1v) is 4.05. The highest BCUT2D eigenvalue weighted by Gasteiger charge is 2.50. The fraction of sp³-hybridized carbons (Fsp3) is 0.667. The minimum absolute atomic E-state index is 1.31. The smallest absolute Gasteiger partial charge is 0.359 e. The van der Waals surface area contributed by atoms with Crippen LogP contribution in [0.2, 0.25) is 0 Å². The van der Waals surface area contributed by atoms with Gasteiger partial charge < -0.3 is 25.7 Å². The number of aliphatic hydroxyl groups is 1. The molecule has 0 aliphatic rings. The Morgan fingerprint density at radius 3 is 1.91 bits per heavy atom. The SMILES string of the molecule is NC(CO)(C(=O)O)P(=O)(O)O. The van der Waals surface area contributed by atoms with E-state index >= 15 is 0 Å². The van der Waals surface area contributed by atoms with E-state index in [0.717, 1.165) is 0 Å². The van der Waals surface area contributed by atoms with Crippen LogP contribution in [-0.2, 0) is 9.36 Å². The van der Waals surface area contributed by atoms with Gasteiger partial charge in [-0.15, -0.1) is 0 Å². The Hall–Kier alpha value is -0.460. The van der Waals surface area contributed by atoms with Gasteiger partial charge in [0.05, 0.1) is 6.61 Å². The Morgan fingerprint density at radius 1 is 1.55 bits per heavy atom. The van der Waals surface area contributed by atoms with Gasteiger partial charge in [-0.1, -0.05) is 0 Å². The first-order valence-electron chi connectivity index (χ1n) is 2.44. The van der Waals surface area contributed by atoms with Gasteiger partial charge in [-0.2, -0.15) is 0 Å². The van der Waals surface area contributed by atoms with E-state index in [4.69, 9.17) is 25.7 Å². The van der Waals surface area contributed by atoms with Crippen molar-refractivity contribution in [1.29, 1.82) is 0 Å². The van der Waals surface area contributed by atoms with E-state index in [2.05, 4.69) is 0 Å². The Kier molecular flexibility index (Phi) is 2.76. The summed E-state index contributed by atoms with van der Waals surface area (Å²) in [6.45, 7) is -1.31. The zero-order valence-electron chi connectivity index (χ0n) is 5.34. The summed E-state index contributed by atoms with van der Waals surface area (Å²) < 4.78 is 10.4. The summed E-state index contributed by atoms with van der Waals surface area (Å²) in [5.74, 6) is -1.94. The molecule has 1 atom stereocenters. The lowest BCUT2D eigenvalue weighted by Crippen LogP contribution is -2.50. The second-order valence-electron chi connectivity index (χ2n) is 1.93. The van der Waals surface area contributed by atoms with Crippen LogP contribution in [0.15, 0.2) is 0 Å². The molecule has 0 spiro atoms. The molecule has 1 unspecified atom stereocenters. The van der Waals surface area contributed by atoms with Crippen molar-refractivity contribution in [2.45, 2.75) is 5.28 Å². The van der Waals surface area contributed by atoms with Crippen LogP contribution < -0.4 is 5.73 Å². The minimum Gasteiger partial charge on any atom is -0.479 e.